The summed E-state index contributed by atoms with van der Waals surface area (Å²) >= 11 is 0. The van der Waals surface area contributed by atoms with Crippen LogP contribution in [0.2, 0.25) is 0 Å². The van der Waals surface area contributed by atoms with Gasteiger partial charge in [-0.05, 0) is 25.0 Å². The van der Waals surface area contributed by atoms with Crippen molar-refractivity contribution >= 4 is 28.8 Å². The molecule has 0 aliphatic carbocycles. The maximum absolute atomic E-state index is 13.0. The van der Waals surface area contributed by atoms with Crippen molar-refractivity contribution in [2.75, 3.05) is 11.7 Å². The summed E-state index contributed by atoms with van der Waals surface area (Å²) in [5, 5.41) is 2.44. The van der Waals surface area contributed by atoms with E-state index in [9.17, 15) is 9.59 Å². The van der Waals surface area contributed by atoms with Crippen LogP contribution in [-0.4, -0.2) is 30.4 Å². The highest BCUT2D eigenvalue weighted by Gasteiger charge is 2.39. The Kier molecular flexibility index (Phi) is 3.44. The van der Waals surface area contributed by atoms with Gasteiger partial charge in [-0.25, -0.2) is 0 Å². The minimum atomic E-state index is -0.465. The van der Waals surface area contributed by atoms with Gasteiger partial charge in [-0.1, -0.05) is 30.3 Å². The van der Waals surface area contributed by atoms with Gasteiger partial charge in [0.2, 0.25) is 6.79 Å². The lowest BCUT2D eigenvalue weighted by molar-refractivity contribution is -0.123. The molecule has 1 atom stereocenters. The topological polar surface area (TPSA) is 80.2 Å². The number of ether oxygens (including phenoxy) is 2. The SMILES string of the molecule is CC1Cc2cccc3c2N1C=CN=C3C1=C(c2cccc3c2OCO3)C(=O)NC1=O. The molecule has 1 unspecified atom stereocenters. The van der Waals surface area contributed by atoms with Gasteiger partial charge < -0.3 is 14.4 Å². The lowest BCUT2D eigenvalue weighted by Crippen LogP contribution is -2.26. The van der Waals surface area contributed by atoms with Gasteiger partial charge in [-0.15, -0.1) is 0 Å². The lowest BCUT2D eigenvalue weighted by Gasteiger charge is -2.21. The van der Waals surface area contributed by atoms with Gasteiger partial charge in [0, 0.05) is 29.6 Å². The number of carbonyl (C=O) groups is 2. The molecule has 7 heteroatoms. The Morgan fingerprint density at radius 1 is 1.03 bits per heavy atom. The van der Waals surface area contributed by atoms with Crippen molar-refractivity contribution in [2.45, 2.75) is 19.4 Å². The Balaban J connectivity index is 1.61. The molecule has 0 radical (unpaired) electrons. The highest BCUT2D eigenvalue weighted by Crippen LogP contribution is 2.43. The molecule has 2 aromatic carbocycles. The summed E-state index contributed by atoms with van der Waals surface area (Å²) in [5.74, 6) is 0.0892. The van der Waals surface area contributed by atoms with Crippen molar-refractivity contribution < 1.29 is 19.1 Å². The first-order valence-electron chi connectivity index (χ1n) is 9.78. The largest absolute Gasteiger partial charge is 0.454 e. The third-order valence-corrected chi connectivity index (χ3v) is 5.89. The quantitative estimate of drug-likeness (QED) is 0.785. The summed E-state index contributed by atoms with van der Waals surface area (Å²) in [6, 6.07) is 11.6. The van der Waals surface area contributed by atoms with Crippen molar-refractivity contribution in [3.05, 3.63) is 71.1 Å². The Labute approximate surface area is 172 Å². The summed E-state index contributed by atoms with van der Waals surface area (Å²) in [6.45, 7) is 2.23. The molecule has 4 aliphatic heterocycles. The van der Waals surface area contributed by atoms with Crippen LogP contribution in [0.15, 0.2) is 59.4 Å². The van der Waals surface area contributed by atoms with E-state index in [0.717, 1.165) is 17.7 Å². The number of rotatable bonds is 2. The van der Waals surface area contributed by atoms with Crippen molar-refractivity contribution in [1.29, 1.82) is 0 Å². The summed E-state index contributed by atoms with van der Waals surface area (Å²) in [5.41, 5.74) is 4.59. The van der Waals surface area contributed by atoms with Crippen LogP contribution in [0.5, 0.6) is 11.5 Å². The summed E-state index contributed by atoms with van der Waals surface area (Å²) in [6.07, 6.45) is 4.53. The number of benzene rings is 2. The van der Waals surface area contributed by atoms with Gasteiger partial charge in [0.15, 0.2) is 11.5 Å². The zero-order chi connectivity index (χ0) is 20.4. The second kappa shape index (κ2) is 6.06. The van der Waals surface area contributed by atoms with Crippen molar-refractivity contribution in [2.24, 2.45) is 4.99 Å². The average molecular weight is 399 g/mol. The zero-order valence-electron chi connectivity index (χ0n) is 16.1. The van der Waals surface area contributed by atoms with E-state index in [-0.39, 0.29) is 17.9 Å². The Morgan fingerprint density at radius 2 is 1.83 bits per heavy atom. The third-order valence-electron chi connectivity index (χ3n) is 5.89. The summed E-state index contributed by atoms with van der Waals surface area (Å²) in [4.78, 5) is 32.6. The fraction of sp³-hybridized carbons (Fsp3) is 0.174. The molecular weight excluding hydrogens is 382 g/mol. The zero-order valence-corrected chi connectivity index (χ0v) is 16.1. The number of nitrogens with zero attached hydrogens (tertiary/aromatic N) is 2. The van der Waals surface area contributed by atoms with Gasteiger partial charge in [-0.2, -0.15) is 0 Å². The molecule has 0 fully saturated rings. The first kappa shape index (κ1) is 17.0. The molecule has 2 amide bonds. The van der Waals surface area contributed by atoms with Gasteiger partial charge >= 0.3 is 0 Å². The Hall–Kier alpha value is -3.87. The standard InChI is InChI=1S/C23H17N3O4/c1-12-10-13-4-2-6-15-19(24-8-9-26(12)20(13)15)18-17(22(27)25-23(18)28)14-5-3-7-16-21(14)30-11-29-16/h2-9,12H,10-11H2,1H3,(H,25,27,28). The van der Waals surface area contributed by atoms with Crippen LogP contribution in [0.4, 0.5) is 5.69 Å². The monoisotopic (exact) mass is 399 g/mol. The predicted molar refractivity (Wildman–Crippen MR) is 110 cm³/mol. The van der Waals surface area contributed by atoms with Crippen molar-refractivity contribution in [3.63, 3.8) is 0 Å². The molecule has 148 valence electrons. The molecule has 7 nitrogen and oxygen atoms in total. The van der Waals surface area contributed by atoms with Gasteiger partial charge in [0.1, 0.15) is 0 Å². The van der Waals surface area contributed by atoms with Crippen LogP contribution in [0.1, 0.15) is 23.6 Å². The molecule has 0 aromatic heterocycles. The first-order chi connectivity index (χ1) is 14.6. The molecule has 0 saturated heterocycles. The van der Waals surface area contributed by atoms with Gasteiger partial charge in [0.25, 0.3) is 11.8 Å². The first-order valence-corrected chi connectivity index (χ1v) is 9.78. The van der Waals surface area contributed by atoms with E-state index in [1.807, 2.05) is 18.3 Å². The maximum Gasteiger partial charge on any atom is 0.261 e. The number of aliphatic imine (C=N–C) groups is 1. The number of amides is 2. The number of nitrogens with one attached hydrogen (secondary N) is 1. The molecule has 30 heavy (non-hydrogen) atoms. The van der Waals surface area contributed by atoms with Crippen molar-refractivity contribution in [3.8, 4) is 11.5 Å². The third kappa shape index (κ3) is 2.23. The van der Waals surface area contributed by atoms with Crippen LogP contribution < -0.4 is 19.7 Å². The second-order valence-electron chi connectivity index (χ2n) is 7.62. The van der Waals surface area contributed by atoms with Crippen LogP contribution in [0, 0.1) is 0 Å². The fourth-order valence-corrected chi connectivity index (χ4v) is 4.62. The highest BCUT2D eigenvalue weighted by molar-refractivity contribution is 6.48. The summed E-state index contributed by atoms with van der Waals surface area (Å²) in [7, 11) is 0. The van der Waals surface area contributed by atoms with E-state index in [0.29, 0.717) is 28.8 Å². The van der Waals surface area contributed by atoms with Crippen LogP contribution in [0.3, 0.4) is 0 Å². The predicted octanol–water partition coefficient (Wildman–Crippen LogP) is 2.55. The smallest absolute Gasteiger partial charge is 0.261 e. The molecule has 2 aromatic rings. The molecule has 6 rings (SSSR count). The van der Waals surface area contributed by atoms with E-state index in [2.05, 4.69) is 28.2 Å². The maximum atomic E-state index is 13.0. The van der Waals surface area contributed by atoms with Crippen LogP contribution in [0.25, 0.3) is 5.57 Å². The van der Waals surface area contributed by atoms with E-state index < -0.39 is 11.8 Å². The highest BCUT2D eigenvalue weighted by atomic mass is 16.7. The van der Waals surface area contributed by atoms with Crippen molar-refractivity contribution in [1.82, 2.24) is 5.32 Å². The van der Waals surface area contributed by atoms with E-state index in [4.69, 9.17) is 9.47 Å². The van der Waals surface area contributed by atoms with E-state index >= 15 is 0 Å². The fourth-order valence-electron chi connectivity index (χ4n) is 4.62. The van der Waals surface area contributed by atoms with Gasteiger partial charge in [-0.3, -0.25) is 19.9 Å². The Bertz CT molecular complexity index is 1240. The molecule has 0 spiro atoms. The normalized spacial score (nSPS) is 21.0. The number of imide groups is 1. The molecular formula is C23H17N3O4. The van der Waals surface area contributed by atoms with Crippen LogP contribution >= 0.6 is 0 Å². The molecule has 0 saturated carbocycles. The number of anilines is 1. The second-order valence-corrected chi connectivity index (χ2v) is 7.62. The number of para-hydroxylation sites is 2. The Morgan fingerprint density at radius 3 is 2.73 bits per heavy atom. The molecule has 1 N–H and O–H groups in total. The lowest BCUT2D eigenvalue weighted by atomic mass is 9.92. The van der Waals surface area contributed by atoms with Crippen LogP contribution in [-0.2, 0) is 16.0 Å². The van der Waals surface area contributed by atoms with Gasteiger partial charge in [0.05, 0.1) is 22.5 Å². The number of hydrogen-bond donors (Lipinski definition) is 1. The number of carbonyl (C=O) groups excluding carboxylic acids is 2. The minimum absolute atomic E-state index is 0.0766. The molecule has 0 bridgehead atoms. The number of hydrogen-bond acceptors (Lipinski definition) is 6. The molecule has 4 heterocycles. The molecule has 4 aliphatic rings. The minimum Gasteiger partial charge on any atom is -0.454 e. The van der Waals surface area contributed by atoms with E-state index in [1.54, 1.807) is 24.4 Å². The summed E-state index contributed by atoms with van der Waals surface area (Å²) < 4.78 is 11.1. The number of fused-ring (bicyclic) bond motifs is 1. The average Bonchev–Trinajstić information content (AvgIpc) is 3.36. The van der Waals surface area contributed by atoms with E-state index in [1.165, 1.54) is 5.56 Å².